The number of aliphatic hydroxyl groups is 1. The fourth-order valence-corrected chi connectivity index (χ4v) is 1.34. The van der Waals surface area contributed by atoms with E-state index in [0.717, 1.165) is 12.1 Å². The van der Waals surface area contributed by atoms with E-state index in [1.807, 2.05) is 0 Å². The molecule has 3 nitrogen and oxygen atoms in total. The Morgan fingerprint density at radius 1 is 1.44 bits per heavy atom. The summed E-state index contributed by atoms with van der Waals surface area (Å²) in [6.07, 6.45) is -4.71. The number of benzene rings is 1. The van der Waals surface area contributed by atoms with Crippen LogP contribution in [-0.4, -0.2) is 17.1 Å². The van der Waals surface area contributed by atoms with Crippen molar-refractivity contribution in [1.29, 1.82) is 0 Å². The van der Waals surface area contributed by atoms with E-state index in [1.165, 1.54) is 19.1 Å². The SMILES string of the molecule is CC(O)CCC(=O)Nc1cccc(C(F)(F)F)c1. The number of rotatable bonds is 4. The molecular weight excluding hydrogens is 247 g/mol. The van der Waals surface area contributed by atoms with Gasteiger partial charge in [0.05, 0.1) is 11.7 Å². The lowest BCUT2D eigenvalue weighted by molar-refractivity contribution is -0.137. The van der Waals surface area contributed by atoms with Gasteiger partial charge < -0.3 is 10.4 Å². The van der Waals surface area contributed by atoms with Gasteiger partial charge in [-0.2, -0.15) is 13.2 Å². The molecule has 0 heterocycles. The zero-order chi connectivity index (χ0) is 13.8. The Balaban J connectivity index is 2.65. The first kappa shape index (κ1) is 14.5. The number of halogens is 3. The van der Waals surface area contributed by atoms with Gasteiger partial charge in [0.25, 0.3) is 0 Å². The van der Waals surface area contributed by atoms with E-state index >= 15 is 0 Å². The predicted octanol–water partition coefficient (Wildman–Crippen LogP) is 2.80. The summed E-state index contributed by atoms with van der Waals surface area (Å²) in [7, 11) is 0. The summed E-state index contributed by atoms with van der Waals surface area (Å²) in [5.74, 6) is -0.421. The van der Waals surface area contributed by atoms with E-state index in [2.05, 4.69) is 5.32 Å². The maximum atomic E-state index is 12.4. The Bertz CT molecular complexity index is 416. The maximum Gasteiger partial charge on any atom is 0.416 e. The molecule has 0 saturated heterocycles. The van der Waals surface area contributed by atoms with Crippen molar-refractivity contribution in [3.05, 3.63) is 29.8 Å². The molecule has 0 bridgehead atoms. The lowest BCUT2D eigenvalue weighted by Gasteiger charge is -2.10. The van der Waals surface area contributed by atoms with Crippen molar-refractivity contribution in [2.24, 2.45) is 0 Å². The second-order valence-electron chi connectivity index (χ2n) is 4.01. The smallest absolute Gasteiger partial charge is 0.393 e. The minimum atomic E-state index is -4.43. The molecule has 0 aliphatic carbocycles. The van der Waals surface area contributed by atoms with Crippen molar-refractivity contribution < 1.29 is 23.1 Å². The van der Waals surface area contributed by atoms with Gasteiger partial charge in [-0.25, -0.2) is 0 Å². The van der Waals surface area contributed by atoms with Crippen molar-refractivity contribution in [3.8, 4) is 0 Å². The monoisotopic (exact) mass is 261 g/mol. The average molecular weight is 261 g/mol. The average Bonchev–Trinajstić information content (AvgIpc) is 2.25. The number of nitrogens with one attached hydrogen (secondary N) is 1. The van der Waals surface area contributed by atoms with Crippen LogP contribution in [-0.2, 0) is 11.0 Å². The normalized spacial score (nSPS) is 13.2. The molecule has 0 saturated carbocycles. The number of amides is 1. The van der Waals surface area contributed by atoms with Crippen molar-refractivity contribution >= 4 is 11.6 Å². The van der Waals surface area contributed by atoms with E-state index in [-0.39, 0.29) is 18.5 Å². The molecule has 0 aliphatic rings. The van der Waals surface area contributed by atoms with E-state index in [0.29, 0.717) is 0 Å². The minimum absolute atomic E-state index is 0.0634. The molecule has 1 amide bonds. The van der Waals surface area contributed by atoms with Crippen LogP contribution in [0.15, 0.2) is 24.3 Å². The van der Waals surface area contributed by atoms with E-state index in [4.69, 9.17) is 5.11 Å². The van der Waals surface area contributed by atoms with Gasteiger partial charge in [-0.15, -0.1) is 0 Å². The molecule has 1 aromatic rings. The van der Waals surface area contributed by atoms with Crippen molar-refractivity contribution in [2.75, 3.05) is 5.32 Å². The second-order valence-corrected chi connectivity index (χ2v) is 4.01. The van der Waals surface area contributed by atoms with Crippen LogP contribution in [0.5, 0.6) is 0 Å². The summed E-state index contributed by atoms with van der Waals surface area (Å²) >= 11 is 0. The molecule has 18 heavy (non-hydrogen) atoms. The van der Waals surface area contributed by atoms with Gasteiger partial charge in [-0.3, -0.25) is 4.79 Å². The molecule has 1 unspecified atom stereocenters. The summed E-state index contributed by atoms with van der Waals surface area (Å²) < 4.78 is 37.2. The van der Waals surface area contributed by atoms with Gasteiger partial charge in [0.2, 0.25) is 5.91 Å². The number of hydrogen-bond acceptors (Lipinski definition) is 2. The standard InChI is InChI=1S/C12H14F3NO2/c1-8(17)5-6-11(18)16-10-4-2-3-9(7-10)12(13,14)15/h2-4,7-8,17H,5-6H2,1H3,(H,16,18). The summed E-state index contributed by atoms with van der Waals surface area (Å²) in [6.45, 7) is 1.54. The molecule has 0 fully saturated rings. The predicted molar refractivity (Wildman–Crippen MR) is 61.0 cm³/mol. The minimum Gasteiger partial charge on any atom is -0.393 e. The third-order valence-corrected chi connectivity index (χ3v) is 2.26. The Labute approximate surface area is 103 Å². The van der Waals surface area contributed by atoms with Crippen molar-refractivity contribution in [2.45, 2.75) is 32.0 Å². The van der Waals surface area contributed by atoms with Crippen LogP contribution in [0.25, 0.3) is 0 Å². The number of carbonyl (C=O) groups is 1. The molecule has 1 atom stereocenters. The zero-order valence-corrected chi connectivity index (χ0v) is 9.79. The first-order chi connectivity index (χ1) is 8.29. The van der Waals surface area contributed by atoms with Crippen LogP contribution in [0.4, 0.5) is 18.9 Å². The zero-order valence-electron chi connectivity index (χ0n) is 9.79. The summed E-state index contributed by atoms with van der Waals surface area (Å²) in [4.78, 5) is 11.4. The first-order valence-corrected chi connectivity index (χ1v) is 5.44. The van der Waals surface area contributed by atoms with Gasteiger partial charge in [-0.1, -0.05) is 6.07 Å². The van der Waals surface area contributed by atoms with Crippen molar-refractivity contribution in [1.82, 2.24) is 0 Å². The lowest BCUT2D eigenvalue weighted by Crippen LogP contribution is -2.14. The molecule has 100 valence electrons. The number of anilines is 1. The Morgan fingerprint density at radius 2 is 2.11 bits per heavy atom. The number of hydrogen-bond donors (Lipinski definition) is 2. The lowest BCUT2D eigenvalue weighted by atomic mass is 10.1. The summed E-state index contributed by atoms with van der Waals surface area (Å²) in [6, 6.07) is 4.42. The largest absolute Gasteiger partial charge is 0.416 e. The van der Waals surface area contributed by atoms with E-state index < -0.39 is 23.8 Å². The fraction of sp³-hybridized carbons (Fsp3) is 0.417. The van der Waals surface area contributed by atoms with Crippen LogP contribution >= 0.6 is 0 Å². The maximum absolute atomic E-state index is 12.4. The highest BCUT2D eigenvalue weighted by Gasteiger charge is 2.30. The molecule has 6 heteroatoms. The third kappa shape index (κ3) is 4.75. The Morgan fingerprint density at radius 3 is 2.67 bits per heavy atom. The van der Waals surface area contributed by atoms with Gasteiger partial charge in [0.15, 0.2) is 0 Å². The highest BCUT2D eigenvalue weighted by atomic mass is 19.4. The first-order valence-electron chi connectivity index (χ1n) is 5.44. The highest BCUT2D eigenvalue weighted by molar-refractivity contribution is 5.90. The van der Waals surface area contributed by atoms with Crippen LogP contribution in [0.2, 0.25) is 0 Å². The number of alkyl halides is 3. The second kappa shape index (κ2) is 5.86. The molecule has 1 rings (SSSR count). The third-order valence-electron chi connectivity index (χ3n) is 2.26. The Kier molecular flexibility index (Phi) is 4.72. The molecule has 0 radical (unpaired) electrons. The number of aliphatic hydroxyl groups excluding tert-OH is 1. The topological polar surface area (TPSA) is 49.3 Å². The van der Waals surface area contributed by atoms with Crippen molar-refractivity contribution in [3.63, 3.8) is 0 Å². The van der Waals surface area contributed by atoms with Crippen LogP contribution in [0, 0.1) is 0 Å². The molecular formula is C12H14F3NO2. The molecule has 0 spiro atoms. The van der Waals surface area contributed by atoms with Gasteiger partial charge in [0, 0.05) is 12.1 Å². The molecule has 2 N–H and O–H groups in total. The molecule has 1 aromatic carbocycles. The van der Waals surface area contributed by atoms with Crippen LogP contribution in [0.3, 0.4) is 0 Å². The summed E-state index contributed by atoms with van der Waals surface area (Å²) in [5, 5.41) is 11.3. The quantitative estimate of drug-likeness (QED) is 0.875. The van der Waals surface area contributed by atoms with Gasteiger partial charge in [0.1, 0.15) is 0 Å². The highest BCUT2D eigenvalue weighted by Crippen LogP contribution is 2.30. The van der Waals surface area contributed by atoms with Gasteiger partial charge in [-0.05, 0) is 31.5 Å². The van der Waals surface area contributed by atoms with E-state index in [9.17, 15) is 18.0 Å². The number of carbonyl (C=O) groups excluding carboxylic acids is 1. The Hall–Kier alpha value is -1.56. The van der Waals surface area contributed by atoms with Gasteiger partial charge >= 0.3 is 6.18 Å². The van der Waals surface area contributed by atoms with Crippen LogP contribution in [0.1, 0.15) is 25.3 Å². The molecule has 0 aliphatic heterocycles. The summed E-state index contributed by atoms with van der Waals surface area (Å²) in [5.41, 5.74) is -0.712. The van der Waals surface area contributed by atoms with Crippen LogP contribution < -0.4 is 5.32 Å². The molecule has 0 aromatic heterocycles. The van der Waals surface area contributed by atoms with E-state index in [1.54, 1.807) is 0 Å². The fourth-order valence-electron chi connectivity index (χ4n) is 1.34.